The van der Waals surface area contributed by atoms with E-state index in [1.807, 2.05) is 0 Å². The summed E-state index contributed by atoms with van der Waals surface area (Å²) >= 11 is 4.77. The summed E-state index contributed by atoms with van der Waals surface area (Å²) in [5.74, 6) is -1.06. The second-order valence-corrected chi connectivity index (χ2v) is 9.69. The molecular weight excluding hydrogens is 415 g/mol. The number of aliphatic carboxylic acids is 1. The summed E-state index contributed by atoms with van der Waals surface area (Å²) in [6.07, 6.45) is 6.17. The molecule has 2 unspecified atom stereocenters. The van der Waals surface area contributed by atoms with E-state index in [2.05, 4.69) is 15.9 Å². The maximum Gasteiger partial charge on any atom is 0.306 e. The Labute approximate surface area is 188 Å². The van der Waals surface area contributed by atoms with Gasteiger partial charge in [-0.05, 0) is 56.8 Å². The van der Waals surface area contributed by atoms with Gasteiger partial charge in [0.2, 0.25) is 0 Å². The van der Waals surface area contributed by atoms with E-state index in [4.69, 9.17) is 12.6 Å². The molecule has 0 amide bonds. The molecule has 31 heavy (non-hydrogen) atoms. The molecule has 0 spiro atoms. The highest BCUT2D eigenvalue weighted by atomic mass is 32.1. The van der Waals surface area contributed by atoms with Gasteiger partial charge in [0, 0.05) is 36.4 Å². The first-order valence-corrected chi connectivity index (χ1v) is 11.8. The number of hydrogen-bond acceptors (Lipinski definition) is 5. The third kappa shape index (κ3) is 5.38. The fraction of sp³-hybridized carbons (Fsp3) is 0.583. The van der Waals surface area contributed by atoms with Crippen molar-refractivity contribution in [1.82, 2.24) is 9.80 Å². The molecule has 0 radical (unpaired) electrons. The summed E-state index contributed by atoms with van der Waals surface area (Å²) in [6, 6.07) is 6.10. The molecule has 1 N–H and O–H groups in total. The maximum atomic E-state index is 14.6. The van der Waals surface area contributed by atoms with Crippen molar-refractivity contribution in [2.24, 2.45) is 11.8 Å². The lowest BCUT2D eigenvalue weighted by atomic mass is 9.93. The SMILES string of the molecule is O=C(O)C1CCN(C/C=C2/CN(C(C(=O)C3CC3)c3ccccc3F)CCC2S)CC1. The largest absolute Gasteiger partial charge is 0.481 e. The van der Waals surface area contributed by atoms with E-state index in [1.165, 1.54) is 11.6 Å². The van der Waals surface area contributed by atoms with Crippen molar-refractivity contribution in [3.63, 3.8) is 0 Å². The number of hydrogen-bond donors (Lipinski definition) is 2. The Hall–Kier alpha value is -1.70. The van der Waals surface area contributed by atoms with Crippen LogP contribution in [0.2, 0.25) is 0 Å². The molecule has 2 atom stereocenters. The zero-order chi connectivity index (χ0) is 22.0. The van der Waals surface area contributed by atoms with Crippen LogP contribution in [0.1, 0.15) is 43.7 Å². The van der Waals surface area contributed by atoms with E-state index >= 15 is 0 Å². The van der Waals surface area contributed by atoms with Crippen molar-refractivity contribution < 1.29 is 19.1 Å². The summed E-state index contributed by atoms with van der Waals surface area (Å²) < 4.78 is 14.6. The second kappa shape index (κ2) is 9.84. The zero-order valence-corrected chi connectivity index (χ0v) is 18.6. The standard InChI is InChI=1S/C24H31FN2O3S/c25-20-4-2-1-3-19(20)22(23(28)16-5-6-16)27-14-10-21(31)18(15-27)9-13-26-11-7-17(8-12-26)24(29)30/h1-4,9,16-17,21-22,31H,5-8,10-15H2,(H,29,30)/b18-9-. The number of carboxylic acids is 1. The minimum Gasteiger partial charge on any atom is -0.481 e. The molecule has 2 heterocycles. The molecule has 0 bridgehead atoms. The molecule has 7 heteroatoms. The van der Waals surface area contributed by atoms with Crippen molar-refractivity contribution in [3.8, 4) is 0 Å². The number of ketones is 1. The van der Waals surface area contributed by atoms with Crippen LogP contribution in [0.25, 0.3) is 0 Å². The minimum absolute atomic E-state index is 0.0568. The normalized spacial score (nSPS) is 26.1. The average molecular weight is 447 g/mol. The van der Waals surface area contributed by atoms with Gasteiger partial charge >= 0.3 is 5.97 Å². The Morgan fingerprint density at radius 3 is 2.45 bits per heavy atom. The van der Waals surface area contributed by atoms with Crippen molar-refractivity contribution >= 4 is 24.4 Å². The third-order valence-corrected chi connectivity index (χ3v) is 7.46. The minimum atomic E-state index is -0.698. The van der Waals surface area contributed by atoms with E-state index in [0.717, 1.165) is 38.9 Å². The van der Waals surface area contributed by atoms with Crippen LogP contribution in [0.5, 0.6) is 0 Å². The Bertz CT molecular complexity index is 849. The molecule has 4 rings (SSSR count). The van der Waals surface area contributed by atoms with Crippen LogP contribution in [0, 0.1) is 17.7 Å². The third-order valence-electron chi connectivity index (χ3n) is 6.87. The van der Waals surface area contributed by atoms with Crippen LogP contribution < -0.4 is 0 Å². The Kier molecular flexibility index (Phi) is 7.14. The fourth-order valence-electron chi connectivity index (χ4n) is 4.74. The molecule has 168 valence electrons. The predicted octanol–water partition coefficient (Wildman–Crippen LogP) is 3.57. The van der Waals surface area contributed by atoms with Gasteiger partial charge in [0.05, 0.1) is 12.0 Å². The summed E-state index contributed by atoms with van der Waals surface area (Å²) in [6.45, 7) is 3.64. The molecule has 0 aromatic heterocycles. The van der Waals surface area contributed by atoms with Crippen LogP contribution in [-0.2, 0) is 9.59 Å². The number of rotatable bonds is 7. The summed E-state index contributed by atoms with van der Waals surface area (Å²) in [5, 5.41) is 9.31. The van der Waals surface area contributed by atoms with E-state index < -0.39 is 12.0 Å². The smallest absolute Gasteiger partial charge is 0.306 e. The van der Waals surface area contributed by atoms with Crippen LogP contribution in [0.3, 0.4) is 0 Å². The molecule has 1 aromatic carbocycles. The second-order valence-electron chi connectivity index (χ2n) is 9.07. The molecule has 5 nitrogen and oxygen atoms in total. The van der Waals surface area contributed by atoms with E-state index in [-0.39, 0.29) is 28.7 Å². The lowest BCUT2D eigenvalue weighted by Gasteiger charge is -2.38. The number of carbonyl (C=O) groups is 2. The highest BCUT2D eigenvalue weighted by Crippen LogP contribution is 2.39. The topological polar surface area (TPSA) is 60.9 Å². The van der Waals surface area contributed by atoms with E-state index in [0.29, 0.717) is 31.5 Å². The van der Waals surface area contributed by atoms with Gasteiger partial charge in [-0.15, -0.1) is 0 Å². The predicted molar refractivity (Wildman–Crippen MR) is 121 cm³/mol. The summed E-state index contributed by atoms with van der Waals surface area (Å²) in [5.41, 5.74) is 1.65. The number of carbonyl (C=O) groups excluding carboxylic acids is 1. The molecule has 2 saturated heterocycles. The van der Waals surface area contributed by atoms with Crippen LogP contribution >= 0.6 is 12.6 Å². The highest BCUT2D eigenvalue weighted by molar-refractivity contribution is 7.81. The van der Waals surface area contributed by atoms with Crippen LogP contribution in [0.4, 0.5) is 4.39 Å². The Balaban J connectivity index is 1.46. The van der Waals surface area contributed by atoms with Crippen molar-refractivity contribution in [2.45, 2.75) is 43.4 Å². The van der Waals surface area contributed by atoms with Gasteiger partial charge in [-0.2, -0.15) is 12.6 Å². The first-order chi connectivity index (χ1) is 14.9. The molecule has 3 fully saturated rings. The van der Waals surface area contributed by atoms with Gasteiger partial charge in [-0.25, -0.2) is 4.39 Å². The number of nitrogens with zero attached hydrogens (tertiary/aromatic N) is 2. The number of likely N-dealkylation sites (tertiary alicyclic amines) is 2. The Morgan fingerprint density at radius 1 is 1.10 bits per heavy atom. The zero-order valence-electron chi connectivity index (χ0n) is 17.8. The number of thiol groups is 1. The molecular formula is C24H31FN2O3S. The van der Waals surface area contributed by atoms with Gasteiger partial charge < -0.3 is 5.11 Å². The summed E-state index contributed by atoms with van der Waals surface area (Å²) in [4.78, 5) is 28.7. The number of carboxylic acid groups (broad SMARTS) is 1. The molecule has 2 aliphatic heterocycles. The molecule has 3 aliphatic rings. The lowest BCUT2D eigenvalue weighted by molar-refractivity contribution is -0.143. The monoisotopic (exact) mass is 446 g/mol. The quantitative estimate of drug-likeness (QED) is 0.495. The van der Waals surface area contributed by atoms with Crippen molar-refractivity contribution in [1.29, 1.82) is 0 Å². The van der Waals surface area contributed by atoms with Crippen molar-refractivity contribution in [2.75, 3.05) is 32.7 Å². The first kappa shape index (κ1) is 22.5. The molecule has 1 aliphatic carbocycles. The van der Waals surface area contributed by atoms with E-state index in [9.17, 15) is 19.1 Å². The lowest BCUT2D eigenvalue weighted by Crippen LogP contribution is -2.43. The number of halogens is 1. The first-order valence-electron chi connectivity index (χ1n) is 11.3. The van der Waals surface area contributed by atoms with Gasteiger partial charge in [0.1, 0.15) is 5.82 Å². The number of Topliss-reactive ketones (excluding diaryl/α,β-unsaturated/α-hetero) is 1. The van der Waals surface area contributed by atoms with Gasteiger partial charge in [-0.3, -0.25) is 19.4 Å². The van der Waals surface area contributed by atoms with Crippen LogP contribution in [-0.4, -0.2) is 64.6 Å². The highest BCUT2D eigenvalue weighted by Gasteiger charge is 2.40. The average Bonchev–Trinajstić information content (AvgIpc) is 3.61. The summed E-state index contributed by atoms with van der Waals surface area (Å²) in [7, 11) is 0. The van der Waals surface area contributed by atoms with E-state index in [1.54, 1.807) is 18.2 Å². The molecule has 1 aromatic rings. The molecule has 1 saturated carbocycles. The number of piperidine rings is 2. The fourth-order valence-corrected chi connectivity index (χ4v) is 5.04. The Morgan fingerprint density at radius 2 is 1.81 bits per heavy atom. The van der Waals surface area contributed by atoms with Gasteiger partial charge in [-0.1, -0.05) is 24.3 Å². The maximum absolute atomic E-state index is 14.6. The van der Waals surface area contributed by atoms with Gasteiger partial charge in [0.25, 0.3) is 0 Å². The number of benzene rings is 1. The van der Waals surface area contributed by atoms with Crippen LogP contribution in [0.15, 0.2) is 35.9 Å². The van der Waals surface area contributed by atoms with Gasteiger partial charge in [0.15, 0.2) is 5.78 Å². The van der Waals surface area contributed by atoms with Crippen molar-refractivity contribution in [3.05, 3.63) is 47.3 Å².